The number of nitrogens with one attached hydrogen (secondary N) is 7. The van der Waals surface area contributed by atoms with Gasteiger partial charge in [-0.15, -0.1) is 0 Å². The number of carboxylic acids is 4. The van der Waals surface area contributed by atoms with Crippen LogP contribution in [-0.2, 0) is 52.7 Å². The minimum absolute atomic E-state index is 0.0174. The summed E-state index contributed by atoms with van der Waals surface area (Å²) >= 11 is 1.30. The number of rotatable bonds is 34. The monoisotopic (exact) mass is 949 g/mol. The molecule has 370 valence electrons. The lowest BCUT2D eigenvalue weighted by Crippen LogP contribution is -2.61. The van der Waals surface area contributed by atoms with Crippen molar-refractivity contribution in [2.24, 2.45) is 23.3 Å². The van der Waals surface area contributed by atoms with E-state index in [0.717, 1.165) is 0 Å². The highest BCUT2D eigenvalue weighted by Gasteiger charge is 2.36. The summed E-state index contributed by atoms with van der Waals surface area (Å²) in [4.78, 5) is 139. The van der Waals surface area contributed by atoms with Gasteiger partial charge in [-0.3, -0.25) is 47.9 Å². The average Bonchev–Trinajstić information content (AvgIpc) is 3.23. The predicted octanol–water partition coefficient (Wildman–Crippen LogP) is -3.43. The molecule has 9 unspecified atom stereocenters. The van der Waals surface area contributed by atoms with Gasteiger partial charge in [0.15, 0.2) is 0 Å². The van der Waals surface area contributed by atoms with E-state index in [2.05, 4.69) is 37.2 Å². The highest BCUT2D eigenvalue weighted by atomic mass is 32.2. The Bertz CT molecular complexity index is 1650. The van der Waals surface area contributed by atoms with Crippen LogP contribution in [0.1, 0.15) is 91.9 Å². The van der Waals surface area contributed by atoms with Gasteiger partial charge in [-0.25, -0.2) is 4.79 Å². The molecule has 0 fully saturated rings. The maximum atomic E-state index is 13.8. The summed E-state index contributed by atoms with van der Waals surface area (Å²) in [6.45, 7) is 5.54. The molecule has 0 heterocycles. The molecule has 0 saturated carbocycles. The Balaban J connectivity index is 6.39. The van der Waals surface area contributed by atoms with E-state index in [9.17, 15) is 68.1 Å². The second-order valence-corrected chi connectivity index (χ2v) is 16.5. The van der Waals surface area contributed by atoms with E-state index in [1.807, 2.05) is 0 Å². The van der Waals surface area contributed by atoms with Crippen LogP contribution in [0.4, 0.5) is 0 Å². The van der Waals surface area contributed by atoms with Crippen LogP contribution in [-0.4, -0.2) is 164 Å². The van der Waals surface area contributed by atoms with Gasteiger partial charge in [-0.2, -0.15) is 11.8 Å². The first-order valence-electron chi connectivity index (χ1n) is 21.0. The van der Waals surface area contributed by atoms with E-state index in [4.69, 9.17) is 21.7 Å². The third kappa shape index (κ3) is 23.2. The van der Waals surface area contributed by atoms with E-state index in [-0.39, 0.29) is 25.8 Å². The Morgan fingerprint density at radius 1 is 0.538 bits per heavy atom. The van der Waals surface area contributed by atoms with Crippen molar-refractivity contribution < 1.29 is 78.3 Å². The number of carboxylic acid groups (broad SMARTS) is 4. The topological polar surface area (TPSA) is 425 Å². The van der Waals surface area contributed by atoms with Crippen molar-refractivity contribution in [3.63, 3.8) is 0 Å². The summed E-state index contributed by atoms with van der Waals surface area (Å²) in [5.74, 6) is -13.5. The molecule has 0 spiro atoms. The van der Waals surface area contributed by atoms with Gasteiger partial charge in [0.1, 0.15) is 42.3 Å². The zero-order valence-corrected chi connectivity index (χ0v) is 38.1. The number of hydrogen-bond donors (Lipinski definition) is 14. The minimum atomic E-state index is -1.81. The van der Waals surface area contributed by atoms with Gasteiger partial charge in [-0.05, 0) is 68.9 Å². The number of carbonyl (C=O) groups excluding carboxylic acids is 7. The molecule has 0 aliphatic rings. The molecule has 0 aromatic rings. The normalized spacial score (nSPS) is 15.2. The van der Waals surface area contributed by atoms with Crippen LogP contribution < -0.4 is 48.7 Å². The van der Waals surface area contributed by atoms with Crippen LogP contribution in [0.5, 0.6) is 0 Å². The zero-order valence-electron chi connectivity index (χ0n) is 37.3. The van der Waals surface area contributed by atoms with Crippen molar-refractivity contribution in [1.82, 2.24) is 37.2 Å². The van der Waals surface area contributed by atoms with E-state index in [1.165, 1.54) is 25.6 Å². The number of aliphatic hydroxyl groups excluding tert-OH is 1. The van der Waals surface area contributed by atoms with Crippen molar-refractivity contribution in [2.75, 3.05) is 25.2 Å². The van der Waals surface area contributed by atoms with Crippen molar-refractivity contribution in [1.29, 1.82) is 0 Å². The first-order valence-corrected chi connectivity index (χ1v) is 22.4. The Kier molecular flexibility index (Phi) is 28.6. The number of hydrogen-bond acceptors (Lipinski definition) is 15. The molecule has 25 nitrogen and oxygen atoms in total. The number of aliphatic hydroxyl groups is 1. The maximum absolute atomic E-state index is 13.8. The van der Waals surface area contributed by atoms with Crippen LogP contribution in [0, 0.1) is 11.8 Å². The van der Waals surface area contributed by atoms with Gasteiger partial charge in [0.05, 0.1) is 19.1 Å². The number of unbranched alkanes of at least 4 members (excludes halogenated alkanes) is 1. The second kappa shape index (κ2) is 31.3. The molecule has 0 radical (unpaired) electrons. The Labute approximate surface area is 380 Å². The van der Waals surface area contributed by atoms with Crippen LogP contribution in [0.15, 0.2) is 0 Å². The largest absolute Gasteiger partial charge is 0.481 e. The standard InChI is InChI=1S/C39H67N9O16S/c1-6-20(4)31(48-32(56)21(41)10-12-27(50)51)38(62)46-26(18-49)36(60)42-23(11-13-28(52)53)35(59)47-30(19(2)3)37(61)44-22(9-7-8-15-40)33(57)43-24(14-16-65-5)34(58)45-25(39(63)64)17-29(54)55/h19-26,30-31,49H,6-18,40-41H2,1-5H3,(H,42,60)(H,43,57)(H,44,61)(H,45,58)(H,46,62)(H,47,59)(H,48,56)(H,50,51)(H,52,53)(H,54,55)(H,63,64). The molecule has 0 aliphatic carbocycles. The van der Waals surface area contributed by atoms with Crippen molar-refractivity contribution in [3.05, 3.63) is 0 Å². The molecule has 0 saturated heterocycles. The fourth-order valence-corrected chi connectivity index (χ4v) is 6.34. The van der Waals surface area contributed by atoms with E-state index < -0.39 is 158 Å². The summed E-state index contributed by atoms with van der Waals surface area (Å²) in [5.41, 5.74) is 11.4. The number of carbonyl (C=O) groups is 11. The average molecular weight is 950 g/mol. The highest BCUT2D eigenvalue weighted by molar-refractivity contribution is 7.98. The van der Waals surface area contributed by atoms with E-state index >= 15 is 0 Å². The molecule has 7 amide bonds. The molecule has 9 atom stereocenters. The fourth-order valence-electron chi connectivity index (χ4n) is 5.87. The molecular formula is C39H67N9O16S. The first-order chi connectivity index (χ1) is 30.4. The quantitative estimate of drug-likeness (QED) is 0.0279. The zero-order chi connectivity index (χ0) is 50.0. The Hall–Kier alpha value is -5.60. The second-order valence-electron chi connectivity index (χ2n) is 15.6. The van der Waals surface area contributed by atoms with Gasteiger partial charge in [-0.1, -0.05) is 34.1 Å². The maximum Gasteiger partial charge on any atom is 0.326 e. The molecule has 0 aliphatic heterocycles. The van der Waals surface area contributed by atoms with Crippen LogP contribution >= 0.6 is 11.8 Å². The smallest absolute Gasteiger partial charge is 0.326 e. The van der Waals surface area contributed by atoms with Gasteiger partial charge in [0.25, 0.3) is 0 Å². The number of nitrogens with two attached hydrogens (primary N) is 2. The third-order valence-electron chi connectivity index (χ3n) is 9.96. The summed E-state index contributed by atoms with van der Waals surface area (Å²) in [6, 6.07) is -12.0. The predicted molar refractivity (Wildman–Crippen MR) is 232 cm³/mol. The van der Waals surface area contributed by atoms with Crippen molar-refractivity contribution in [3.8, 4) is 0 Å². The lowest BCUT2D eigenvalue weighted by atomic mass is 9.97. The van der Waals surface area contributed by atoms with Gasteiger partial charge >= 0.3 is 23.9 Å². The molecule has 0 aromatic carbocycles. The first kappa shape index (κ1) is 59.4. The molecule has 0 rings (SSSR count). The van der Waals surface area contributed by atoms with E-state index in [1.54, 1.807) is 20.1 Å². The fraction of sp³-hybridized carbons (Fsp3) is 0.718. The van der Waals surface area contributed by atoms with Crippen LogP contribution in [0.3, 0.4) is 0 Å². The molecule has 16 N–H and O–H groups in total. The summed E-state index contributed by atoms with van der Waals surface area (Å²) in [7, 11) is 0. The highest BCUT2D eigenvalue weighted by Crippen LogP contribution is 2.12. The van der Waals surface area contributed by atoms with Gasteiger partial charge < -0.3 is 74.2 Å². The Morgan fingerprint density at radius 2 is 0.985 bits per heavy atom. The van der Waals surface area contributed by atoms with Gasteiger partial charge in [0, 0.05) is 12.8 Å². The number of aliphatic carboxylic acids is 4. The van der Waals surface area contributed by atoms with Crippen LogP contribution in [0.2, 0.25) is 0 Å². The SMILES string of the molecule is CCC(C)C(NC(=O)C(N)CCC(=O)O)C(=O)NC(CO)C(=O)NC(CCC(=O)O)C(=O)NC(C(=O)NC(CCCCN)C(=O)NC(CCSC)C(=O)NC(CC(=O)O)C(=O)O)C(C)C. The van der Waals surface area contributed by atoms with Crippen molar-refractivity contribution in [2.45, 2.75) is 140 Å². The van der Waals surface area contributed by atoms with Crippen molar-refractivity contribution >= 4 is 77.0 Å². The minimum Gasteiger partial charge on any atom is -0.481 e. The number of thioether (sulfide) groups is 1. The lowest BCUT2D eigenvalue weighted by Gasteiger charge is -2.29. The molecule has 65 heavy (non-hydrogen) atoms. The van der Waals surface area contributed by atoms with E-state index in [0.29, 0.717) is 25.0 Å². The Morgan fingerprint density at radius 3 is 1.46 bits per heavy atom. The summed E-state index contributed by atoms with van der Waals surface area (Å²) in [6.07, 6.45) is -0.109. The summed E-state index contributed by atoms with van der Waals surface area (Å²) in [5, 5.41) is 63.5. The molecule has 0 bridgehead atoms. The number of amides is 7. The lowest BCUT2D eigenvalue weighted by molar-refractivity contribution is -0.147. The van der Waals surface area contributed by atoms with Crippen LogP contribution in [0.25, 0.3) is 0 Å². The molecular weight excluding hydrogens is 883 g/mol. The third-order valence-corrected chi connectivity index (χ3v) is 10.6. The molecule has 26 heteroatoms. The molecule has 0 aromatic heterocycles. The summed E-state index contributed by atoms with van der Waals surface area (Å²) < 4.78 is 0. The van der Waals surface area contributed by atoms with Gasteiger partial charge in [0.2, 0.25) is 41.4 Å².